The summed E-state index contributed by atoms with van der Waals surface area (Å²) in [5.74, 6) is 0. The van der Waals surface area contributed by atoms with Gasteiger partial charge in [-0.1, -0.05) is 18.2 Å². The molecule has 0 fully saturated rings. The minimum Gasteiger partial charge on any atom is -0.175 e. The van der Waals surface area contributed by atoms with E-state index in [0.29, 0.717) is 5.25 Å². The van der Waals surface area contributed by atoms with E-state index in [1.54, 1.807) is 0 Å². The van der Waals surface area contributed by atoms with E-state index in [-0.39, 0.29) is 0 Å². The number of rotatable bonds is 0. The fourth-order valence-electron chi connectivity index (χ4n) is 1.45. The van der Waals surface area contributed by atoms with Crippen molar-refractivity contribution in [3.8, 4) is 0 Å². The molecule has 1 aliphatic rings. The largest absolute Gasteiger partial charge is 0.175 e. The Morgan fingerprint density at radius 1 is 1.50 bits per heavy atom. The van der Waals surface area contributed by atoms with Crippen molar-refractivity contribution >= 4 is 12.6 Å². The van der Waals surface area contributed by atoms with Gasteiger partial charge in [-0.05, 0) is 30.0 Å². The second-order valence-corrected chi connectivity index (χ2v) is 3.47. The zero-order chi connectivity index (χ0) is 6.97. The van der Waals surface area contributed by atoms with Crippen molar-refractivity contribution in [3.63, 3.8) is 0 Å². The van der Waals surface area contributed by atoms with Crippen molar-refractivity contribution in [2.45, 2.75) is 18.1 Å². The Morgan fingerprint density at radius 2 is 2.40 bits per heavy atom. The third-order valence-corrected chi connectivity index (χ3v) is 2.30. The smallest absolute Gasteiger partial charge is 0.00980 e. The van der Waals surface area contributed by atoms with E-state index >= 15 is 0 Å². The molecule has 1 atom stereocenters. The zero-order valence-electron chi connectivity index (χ0n) is 5.67. The van der Waals surface area contributed by atoms with Gasteiger partial charge in [0.05, 0.1) is 0 Å². The lowest BCUT2D eigenvalue weighted by molar-refractivity contribution is 0.943. The first kappa shape index (κ1) is 6.29. The lowest BCUT2D eigenvalue weighted by Gasteiger charge is -1.92. The molecule has 1 heteroatoms. The van der Waals surface area contributed by atoms with Gasteiger partial charge in [-0.3, -0.25) is 0 Å². The summed E-state index contributed by atoms with van der Waals surface area (Å²) in [6.07, 6.45) is 2.22. The Kier molecular flexibility index (Phi) is 1.46. The lowest BCUT2D eigenvalue weighted by Crippen LogP contribution is -1.94. The highest BCUT2D eigenvalue weighted by molar-refractivity contribution is 7.81. The van der Waals surface area contributed by atoms with Crippen molar-refractivity contribution in [2.24, 2.45) is 0 Å². The van der Waals surface area contributed by atoms with Crippen LogP contribution < -0.4 is 0 Å². The van der Waals surface area contributed by atoms with Crippen LogP contribution in [0.1, 0.15) is 11.1 Å². The Hall–Kier alpha value is -0.430. The topological polar surface area (TPSA) is 0 Å². The maximum absolute atomic E-state index is 4.42. The molecule has 0 aromatic heterocycles. The van der Waals surface area contributed by atoms with Crippen LogP contribution in [0.15, 0.2) is 18.2 Å². The minimum absolute atomic E-state index is 0.536. The van der Waals surface area contributed by atoms with Gasteiger partial charge >= 0.3 is 0 Å². The van der Waals surface area contributed by atoms with Gasteiger partial charge in [0.15, 0.2) is 0 Å². The maximum atomic E-state index is 4.42. The number of hydrogen-bond acceptors (Lipinski definition) is 1. The summed E-state index contributed by atoms with van der Waals surface area (Å²) < 4.78 is 0. The van der Waals surface area contributed by atoms with Gasteiger partial charge < -0.3 is 0 Å². The second kappa shape index (κ2) is 2.31. The van der Waals surface area contributed by atoms with Crippen LogP contribution in [0.3, 0.4) is 0 Å². The molecule has 0 heterocycles. The van der Waals surface area contributed by atoms with E-state index in [0.717, 1.165) is 12.8 Å². The van der Waals surface area contributed by atoms with Crippen LogP contribution in [-0.2, 0) is 12.8 Å². The third-order valence-electron chi connectivity index (χ3n) is 1.93. The highest BCUT2D eigenvalue weighted by atomic mass is 32.1. The Balaban J connectivity index is 2.42. The van der Waals surface area contributed by atoms with Crippen LogP contribution in [0.5, 0.6) is 0 Å². The predicted molar refractivity (Wildman–Crippen MR) is 45.5 cm³/mol. The Labute approximate surface area is 66.7 Å². The molecule has 1 aromatic rings. The average Bonchev–Trinajstić information content (AvgIpc) is 2.27. The van der Waals surface area contributed by atoms with Crippen molar-refractivity contribution in [2.75, 3.05) is 0 Å². The van der Waals surface area contributed by atoms with E-state index < -0.39 is 0 Å². The number of hydrogen-bond donors (Lipinski definition) is 1. The molecule has 1 radical (unpaired) electrons. The molecule has 0 amide bonds. The summed E-state index contributed by atoms with van der Waals surface area (Å²) in [7, 11) is 0. The maximum Gasteiger partial charge on any atom is 0.00980 e. The molecule has 0 saturated carbocycles. The SMILES string of the molecule is SC1Cc2[c]cccc2C1. The molecule has 51 valence electrons. The monoisotopic (exact) mass is 149 g/mol. The molecular formula is C9H9S. The van der Waals surface area contributed by atoms with Gasteiger partial charge in [-0.25, -0.2) is 0 Å². The van der Waals surface area contributed by atoms with E-state index in [4.69, 9.17) is 0 Å². The van der Waals surface area contributed by atoms with Crippen LogP contribution >= 0.6 is 12.6 Å². The van der Waals surface area contributed by atoms with Gasteiger partial charge in [0, 0.05) is 5.25 Å². The molecule has 0 N–H and O–H groups in total. The molecule has 10 heavy (non-hydrogen) atoms. The second-order valence-electron chi connectivity index (χ2n) is 2.74. The highest BCUT2D eigenvalue weighted by Gasteiger charge is 2.16. The number of thiol groups is 1. The molecule has 1 unspecified atom stereocenters. The van der Waals surface area contributed by atoms with Crippen LogP contribution in [0.25, 0.3) is 0 Å². The third kappa shape index (κ3) is 0.948. The van der Waals surface area contributed by atoms with E-state index in [1.807, 2.05) is 12.1 Å². The molecule has 1 aromatic carbocycles. The molecule has 1 aliphatic carbocycles. The summed E-state index contributed by atoms with van der Waals surface area (Å²) in [6.45, 7) is 0. The van der Waals surface area contributed by atoms with E-state index in [9.17, 15) is 0 Å². The van der Waals surface area contributed by atoms with Crippen molar-refractivity contribution in [1.29, 1.82) is 0 Å². The van der Waals surface area contributed by atoms with Gasteiger partial charge in [-0.15, -0.1) is 0 Å². The van der Waals surface area contributed by atoms with Crippen molar-refractivity contribution in [3.05, 3.63) is 35.4 Å². The lowest BCUT2D eigenvalue weighted by atomic mass is 10.1. The summed E-state index contributed by atoms with van der Waals surface area (Å²) in [5.41, 5.74) is 2.80. The number of benzene rings is 1. The zero-order valence-corrected chi connectivity index (χ0v) is 6.57. The average molecular weight is 149 g/mol. The highest BCUT2D eigenvalue weighted by Crippen LogP contribution is 2.23. The first-order valence-corrected chi connectivity index (χ1v) is 4.04. The summed E-state index contributed by atoms with van der Waals surface area (Å²) in [5, 5.41) is 0.536. The quantitative estimate of drug-likeness (QED) is 0.535. The van der Waals surface area contributed by atoms with E-state index in [1.165, 1.54) is 11.1 Å². The molecule has 2 rings (SSSR count). The molecule has 0 aliphatic heterocycles. The first-order valence-electron chi connectivity index (χ1n) is 3.53. The summed E-state index contributed by atoms with van der Waals surface area (Å²) >= 11 is 4.42. The number of fused-ring (bicyclic) bond motifs is 1. The van der Waals surface area contributed by atoms with Crippen LogP contribution in [0, 0.1) is 6.07 Å². The molecule has 0 bridgehead atoms. The van der Waals surface area contributed by atoms with E-state index in [2.05, 4.69) is 24.8 Å². The predicted octanol–water partition coefficient (Wildman–Crippen LogP) is 1.88. The van der Waals surface area contributed by atoms with Crippen LogP contribution in [-0.4, -0.2) is 5.25 Å². The summed E-state index contributed by atoms with van der Waals surface area (Å²) in [4.78, 5) is 0. The Morgan fingerprint density at radius 3 is 3.20 bits per heavy atom. The fraction of sp³-hybridized carbons (Fsp3) is 0.333. The van der Waals surface area contributed by atoms with Crippen molar-refractivity contribution in [1.82, 2.24) is 0 Å². The van der Waals surface area contributed by atoms with Gasteiger partial charge in [0.25, 0.3) is 0 Å². The van der Waals surface area contributed by atoms with Gasteiger partial charge in [0.1, 0.15) is 0 Å². The standard InChI is InChI=1S/C9H9S/c10-9-5-7-3-1-2-4-8(7)6-9/h1-3,9-10H,5-6H2. The molecule has 0 nitrogen and oxygen atoms in total. The molecule has 0 spiro atoms. The minimum atomic E-state index is 0.536. The fourth-order valence-corrected chi connectivity index (χ4v) is 1.83. The van der Waals surface area contributed by atoms with Crippen molar-refractivity contribution < 1.29 is 0 Å². The first-order chi connectivity index (χ1) is 4.86. The molecular weight excluding hydrogens is 140 g/mol. The Bertz CT molecular complexity index is 217. The van der Waals surface area contributed by atoms with Crippen LogP contribution in [0.4, 0.5) is 0 Å². The van der Waals surface area contributed by atoms with Gasteiger partial charge in [-0.2, -0.15) is 12.6 Å². The summed E-state index contributed by atoms with van der Waals surface area (Å²) in [6, 6.07) is 9.42. The van der Waals surface area contributed by atoms with Gasteiger partial charge in [0.2, 0.25) is 0 Å². The normalized spacial score (nSPS) is 17.3. The van der Waals surface area contributed by atoms with Crippen LogP contribution in [0.2, 0.25) is 0 Å². The molecule has 0 saturated heterocycles.